The molecular formula is C14H21IO2S. The van der Waals surface area contributed by atoms with E-state index >= 15 is 0 Å². The molecule has 1 aromatic heterocycles. The molecule has 0 bridgehead atoms. The molecule has 0 amide bonds. The van der Waals surface area contributed by atoms with Gasteiger partial charge in [0.2, 0.25) is 0 Å². The molecule has 1 N–H and O–H groups in total. The average molecular weight is 380 g/mol. The Balaban J connectivity index is 3.34. The van der Waals surface area contributed by atoms with Gasteiger partial charge in [-0.1, -0.05) is 25.3 Å². The van der Waals surface area contributed by atoms with Crippen LogP contribution in [0.3, 0.4) is 0 Å². The zero-order valence-electron chi connectivity index (χ0n) is 11.6. The van der Waals surface area contributed by atoms with Crippen LogP contribution in [0.2, 0.25) is 0 Å². The lowest BCUT2D eigenvalue weighted by Gasteiger charge is -2.19. The molecule has 4 heteroatoms. The molecule has 2 nitrogen and oxygen atoms in total. The van der Waals surface area contributed by atoms with E-state index in [-0.39, 0.29) is 36.0 Å². The van der Waals surface area contributed by atoms with Gasteiger partial charge in [-0.05, 0) is 30.9 Å². The number of carboxylic acids is 1. The van der Waals surface area contributed by atoms with Crippen molar-refractivity contribution in [2.75, 3.05) is 0 Å². The topological polar surface area (TPSA) is 37.3 Å². The van der Waals surface area contributed by atoms with Crippen LogP contribution in [0.15, 0.2) is 6.07 Å². The van der Waals surface area contributed by atoms with Crippen molar-refractivity contribution in [2.45, 2.75) is 49.9 Å². The summed E-state index contributed by atoms with van der Waals surface area (Å²) in [4.78, 5) is 13.5. The van der Waals surface area contributed by atoms with Gasteiger partial charge in [-0.25, -0.2) is 0 Å². The maximum atomic E-state index is 11.0. The van der Waals surface area contributed by atoms with Crippen molar-refractivity contribution < 1.29 is 9.90 Å². The first kappa shape index (κ1) is 15.8. The van der Waals surface area contributed by atoms with Crippen LogP contribution in [0.5, 0.6) is 0 Å². The van der Waals surface area contributed by atoms with Crippen molar-refractivity contribution in [3.05, 3.63) is 21.4 Å². The second-order valence-electron chi connectivity index (χ2n) is 5.89. The van der Waals surface area contributed by atoms with Gasteiger partial charge in [0.15, 0.2) is 0 Å². The van der Waals surface area contributed by atoms with E-state index in [0.29, 0.717) is 0 Å². The third-order valence-corrected chi connectivity index (χ3v) is 7.50. The van der Waals surface area contributed by atoms with Gasteiger partial charge < -0.3 is 5.11 Å². The van der Waals surface area contributed by atoms with E-state index < -0.39 is 5.97 Å². The predicted molar refractivity (Wildman–Crippen MR) is 88.5 cm³/mol. The number of alkyl halides is 1. The number of aliphatic carboxylic acids is 1. The van der Waals surface area contributed by atoms with Crippen LogP contribution in [0.25, 0.3) is 0 Å². The van der Waals surface area contributed by atoms with Gasteiger partial charge in [-0.3, -0.25) is 4.79 Å². The van der Waals surface area contributed by atoms with Crippen LogP contribution in [0.1, 0.15) is 49.9 Å². The molecule has 0 saturated carbocycles. The first-order chi connectivity index (χ1) is 8.08. The summed E-state index contributed by atoms with van der Waals surface area (Å²) < 4.78 is 4.15. The summed E-state index contributed by atoms with van der Waals surface area (Å²) in [6, 6.07) is 2.08. The molecule has 102 valence electrons. The molecule has 18 heavy (non-hydrogen) atoms. The molecule has 0 aromatic carbocycles. The minimum atomic E-state index is -0.757. The molecule has 0 aliphatic heterocycles. The molecule has 0 saturated heterocycles. The highest BCUT2D eigenvalue weighted by atomic mass is 127. The maximum absolute atomic E-state index is 11.0. The fourth-order valence-electron chi connectivity index (χ4n) is 1.66. The van der Waals surface area contributed by atoms with Crippen LogP contribution in [-0.4, -0.2) is 15.6 Å². The zero-order chi connectivity index (χ0) is 14.1. The normalized spacial score (nSPS) is 12.7. The van der Waals surface area contributed by atoms with E-state index in [4.69, 9.17) is 5.11 Å². The first-order valence-corrected chi connectivity index (χ1v) is 9.25. The Morgan fingerprint density at radius 2 is 1.94 bits per heavy atom. The van der Waals surface area contributed by atoms with Gasteiger partial charge in [0.1, 0.15) is 0 Å². The molecule has 1 heterocycles. The summed E-state index contributed by atoms with van der Waals surface area (Å²) in [5.41, 5.74) is 1.05. The molecule has 1 rings (SSSR count). The molecule has 1 aromatic rings. The lowest BCUT2D eigenvalue weighted by atomic mass is 9.93. The SMILES string of the molecule is C=IC(C)(C)c1sc(C(C)(C)C)cc1CC(=O)O. The molecule has 0 radical (unpaired) electrons. The number of hydrogen-bond acceptors (Lipinski definition) is 2. The van der Waals surface area contributed by atoms with Crippen LogP contribution in [0, 0.1) is 0 Å². The number of hydrogen-bond donors (Lipinski definition) is 1. The van der Waals surface area contributed by atoms with Crippen molar-refractivity contribution in [1.29, 1.82) is 0 Å². The Labute approximate surface area is 123 Å². The highest BCUT2D eigenvalue weighted by Gasteiger charge is 2.28. The van der Waals surface area contributed by atoms with E-state index in [0.717, 1.165) is 5.56 Å². The summed E-state index contributed by atoms with van der Waals surface area (Å²) in [7, 11) is 0. The molecule has 0 atom stereocenters. The van der Waals surface area contributed by atoms with Crippen LogP contribution < -0.4 is 0 Å². The second kappa shape index (κ2) is 5.41. The largest absolute Gasteiger partial charge is 0.481 e. The summed E-state index contributed by atoms with van der Waals surface area (Å²) in [6.07, 6.45) is 0.120. The van der Waals surface area contributed by atoms with Crippen LogP contribution >= 0.6 is 32.1 Å². The maximum Gasteiger partial charge on any atom is 0.307 e. The van der Waals surface area contributed by atoms with Gasteiger partial charge in [0.05, 0.1) is 6.42 Å². The minimum absolute atomic E-state index is 0.0534. The third-order valence-electron chi connectivity index (χ3n) is 2.76. The smallest absolute Gasteiger partial charge is 0.307 e. The van der Waals surface area contributed by atoms with E-state index in [1.54, 1.807) is 11.3 Å². The number of carboxylic acid groups (broad SMARTS) is 1. The quantitative estimate of drug-likeness (QED) is 0.624. The first-order valence-electron chi connectivity index (χ1n) is 5.83. The van der Waals surface area contributed by atoms with Gasteiger partial charge in [-0.2, -0.15) is 0 Å². The number of halogens is 1. The monoisotopic (exact) mass is 380 g/mol. The summed E-state index contributed by atoms with van der Waals surface area (Å²) in [5.74, 6) is -0.757. The Morgan fingerprint density at radius 1 is 1.39 bits per heavy atom. The lowest BCUT2D eigenvalue weighted by Crippen LogP contribution is -2.10. The standard InChI is InChI=1S/C14H21IO2S/c1-13(2,3)10-7-9(8-11(16)17)12(18-10)14(4,5)15-6/h7H,6,8H2,1-5H3,(H,16,17). The number of thiophene rings is 1. The van der Waals surface area contributed by atoms with E-state index in [1.165, 1.54) is 9.75 Å². The lowest BCUT2D eigenvalue weighted by molar-refractivity contribution is -0.136. The van der Waals surface area contributed by atoms with Crippen molar-refractivity contribution in [2.24, 2.45) is 0 Å². The fourth-order valence-corrected chi connectivity index (χ4v) is 4.28. The van der Waals surface area contributed by atoms with Gasteiger partial charge in [0, 0.05) is 13.2 Å². The molecule has 0 aliphatic rings. The van der Waals surface area contributed by atoms with Crippen molar-refractivity contribution in [3.63, 3.8) is 0 Å². The van der Waals surface area contributed by atoms with Crippen molar-refractivity contribution in [1.82, 2.24) is 0 Å². The number of rotatable bonds is 4. The van der Waals surface area contributed by atoms with Gasteiger partial charge >= 0.3 is 5.97 Å². The molecule has 0 spiro atoms. The highest BCUT2D eigenvalue weighted by Crippen LogP contribution is 2.44. The molecular weight excluding hydrogens is 359 g/mol. The van der Waals surface area contributed by atoms with Crippen molar-refractivity contribution >= 4 is 42.6 Å². The summed E-state index contributed by atoms with van der Waals surface area (Å²) >= 11 is 1.55. The highest BCUT2D eigenvalue weighted by molar-refractivity contribution is 14.2. The Bertz CT molecular complexity index is 467. The molecule has 0 unspecified atom stereocenters. The van der Waals surface area contributed by atoms with Crippen LogP contribution in [-0.2, 0) is 20.1 Å². The fraction of sp³-hybridized carbons (Fsp3) is 0.571. The van der Waals surface area contributed by atoms with Gasteiger partial charge in [0.25, 0.3) is 0 Å². The summed E-state index contributed by atoms with van der Waals surface area (Å²) in [5, 5.41) is 9.04. The Kier molecular flexibility index (Phi) is 4.76. The Morgan fingerprint density at radius 3 is 2.33 bits per heavy atom. The number of carbonyl (C=O) groups is 1. The summed E-state index contributed by atoms with van der Waals surface area (Å²) in [6.45, 7) is 10.9. The zero-order valence-corrected chi connectivity index (χ0v) is 14.6. The van der Waals surface area contributed by atoms with E-state index in [9.17, 15) is 4.79 Å². The molecule has 0 fully saturated rings. The minimum Gasteiger partial charge on any atom is -0.481 e. The third kappa shape index (κ3) is 3.63. The van der Waals surface area contributed by atoms with Gasteiger partial charge in [-0.15, -0.1) is 32.1 Å². The van der Waals surface area contributed by atoms with E-state index in [1.807, 2.05) is 0 Å². The molecule has 0 aliphatic carbocycles. The second-order valence-corrected chi connectivity index (χ2v) is 10.4. The average Bonchev–Trinajstić information content (AvgIpc) is 2.60. The van der Waals surface area contributed by atoms with Crippen LogP contribution in [0.4, 0.5) is 0 Å². The van der Waals surface area contributed by atoms with Crippen molar-refractivity contribution in [3.8, 4) is 0 Å². The predicted octanol–water partition coefficient (Wildman–Crippen LogP) is 4.31. The van der Waals surface area contributed by atoms with E-state index in [2.05, 4.69) is 45.2 Å². The Hall–Kier alpha value is -0.230.